The van der Waals surface area contributed by atoms with Gasteiger partial charge in [0.1, 0.15) is 16.3 Å². The number of cyclic esters (lactones) is 1. The lowest BCUT2D eigenvalue weighted by Crippen LogP contribution is -2.38. The molecule has 0 radical (unpaired) electrons. The number of esters is 1. The van der Waals surface area contributed by atoms with Crippen LogP contribution in [0.25, 0.3) is 0 Å². The molecule has 0 bridgehead atoms. The highest BCUT2D eigenvalue weighted by atomic mass is 32.2. The number of aliphatic hydroxyl groups excluding tert-OH is 1. The number of ether oxygens (including phenoxy) is 1. The van der Waals surface area contributed by atoms with Crippen molar-refractivity contribution in [1.29, 1.82) is 0 Å². The van der Waals surface area contributed by atoms with Crippen LogP contribution in [0.4, 0.5) is 4.79 Å². The summed E-state index contributed by atoms with van der Waals surface area (Å²) in [6.45, 7) is 4.39. The molecule has 1 atom stereocenters. The van der Waals surface area contributed by atoms with Gasteiger partial charge in [0.2, 0.25) is 0 Å². The summed E-state index contributed by atoms with van der Waals surface area (Å²) in [5, 5.41) is 22.1. The minimum atomic E-state index is -1.10. The van der Waals surface area contributed by atoms with Gasteiger partial charge in [-0.3, -0.25) is 0 Å². The van der Waals surface area contributed by atoms with Crippen LogP contribution in [0, 0.1) is 0 Å². The molecule has 0 saturated carbocycles. The summed E-state index contributed by atoms with van der Waals surface area (Å²) in [6.07, 6.45) is -0.115. The SMILES string of the molecule is CC(C)c1ccccc1SC1=C(O)CC(CCCNC(=O)O)(c2ccccc2)OC1=O. The Bertz CT molecular complexity index is 973. The van der Waals surface area contributed by atoms with Gasteiger partial charge < -0.3 is 20.3 Å². The molecule has 3 rings (SSSR count). The number of carbonyl (C=O) groups excluding carboxylic acids is 1. The zero-order chi connectivity index (χ0) is 22.4. The first kappa shape index (κ1) is 22.7. The van der Waals surface area contributed by atoms with Gasteiger partial charge in [-0.1, -0.05) is 74.1 Å². The van der Waals surface area contributed by atoms with Crippen molar-refractivity contribution in [1.82, 2.24) is 5.32 Å². The number of carboxylic acid groups (broad SMARTS) is 1. The fraction of sp³-hybridized carbons (Fsp3) is 0.333. The number of hydrogen-bond donors (Lipinski definition) is 3. The number of thioether (sulfide) groups is 1. The normalized spacial score (nSPS) is 18.7. The van der Waals surface area contributed by atoms with Crippen LogP contribution in [0.2, 0.25) is 0 Å². The van der Waals surface area contributed by atoms with E-state index in [1.165, 1.54) is 11.8 Å². The van der Waals surface area contributed by atoms with E-state index in [1.54, 1.807) is 0 Å². The van der Waals surface area contributed by atoms with E-state index in [4.69, 9.17) is 9.84 Å². The molecule has 0 saturated heterocycles. The number of amides is 1. The summed E-state index contributed by atoms with van der Waals surface area (Å²) in [7, 11) is 0. The fourth-order valence-corrected chi connectivity index (χ4v) is 4.85. The molecular formula is C24H27NO5S. The van der Waals surface area contributed by atoms with Crippen LogP contribution in [0.5, 0.6) is 0 Å². The van der Waals surface area contributed by atoms with Gasteiger partial charge in [-0.05, 0) is 36.0 Å². The third-order valence-corrected chi connectivity index (χ3v) is 6.47. The van der Waals surface area contributed by atoms with Gasteiger partial charge in [-0.25, -0.2) is 9.59 Å². The number of rotatable bonds is 8. The van der Waals surface area contributed by atoms with E-state index < -0.39 is 17.7 Å². The van der Waals surface area contributed by atoms with E-state index in [0.717, 1.165) is 16.0 Å². The summed E-state index contributed by atoms with van der Waals surface area (Å²) in [5.41, 5.74) is 0.835. The molecule has 0 spiro atoms. The van der Waals surface area contributed by atoms with Crippen molar-refractivity contribution in [2.75, 3.05) is 6.54 Å². The average molecular weight is 442 g/mol. The van der Waals surface area contributed by atoms with E-state index in [-0.39, 0.29) is 29.5 Å². The lowest BCUT2D eigenvalue weighted by Gasteiger charge is -2.37. The summed E-state index contributed by atoms with van der Waals surface area (Å²) in [4.78, 5) is 24.9. The van der Waals surface area contributed by atoms with Gasteiger partial charge in [0, 0.05) is 11.4 Å². The molecule has 31 heavy (non-hydrogen) atoms. The van der Waals surface area contributed by atoms with Gasteiger partial charge in [0.05, 0.1) is 6.42 Å². The van der Waals surface area contributed by atoms with E-state index in [1.807, 2.05) is 54.6 Å². The molecule has 7 heteroatoms. The van der Waals surface area contributed by atoms with Crippen LogP contribution in [-0.2, 0) is 15.1 Å². The molecule has 2 aromatic carbocycles. The molecule has 1 amide bonds. The molecule has 1 aliphatic heterocycles. The van der Waals surface area contributed by atoms with Crippen LogP contribution in [-0.4, -0.2) is 28.8 Å². The minimum Gasteiger partial charge on any atom is -0.511 e. The maximum Gasteiger partial charge on any atom is 0.404 e. The molecular weight excluding hydrogens is 414 g/mol. The van der Waals surface area contributed by atoms with Crippen LogP contribution in [0.15, 0.2) is 70.2 Å². The van der Waals surface area contributed by atoms with Crippen molar-refractivity contribution in [3.8, 4) is 0 Å². The topological polar surface area (TPSA) is 95.9 Å². The van der Waals surface area contributed by atoms with Crippen LogP contribution in [0.1, 0.15) is 50.2 Å². The Hall–Kier alpha value is -2.93. The highest BCUT2D eigenvalue weighted by Gasteiger charge is 2.43. The van der Waals surface area contributed by atoms with Gasteiger partial charge in [-0.2, -0.15) is 0 Å². The van der Waals surface area contributed by atoms with Crippen molar-refractivity contribution in [2.24, 2.45) is 0 Å². The number of carbonyl (C=O) groups is 2. The molecule has 6 nitrogen and oxygen atoms in total. The Morgan fingerprint density at radius 2 is 1.84 bits per heavy atom. The second-order valence-corrected chi connectivity index (χ2v) is 8.88. The first-order valence-corrected chi connectivity index (χ1v) is 11.1. The highest BCUT2D eigenvalue weighted by molar-refractivity contribution is 8.04. The zero-order valence-corrected chi connectivity index (χ0v) is 18.4. The standard InChI is InChI=1S/C24H27NO5S/c1-16(2)18-11-6-7-12-20(18)31-21-19(26)15-24(30-22(21)27,13-8-14-25-23(28)29)17-9-4-3-5-10-17/h3-7,9-12,16,25-26H,8,13-15H2,1-2H3,(H,28,29). The maximum absolute atomic E-state index is 13.0. The van der Waals surface area contributed by atoms with Gasteiger partial charge in [0.25, 0.3) is 0 Å². The predicted octanol–water partition coefficient (Wildman–Crippen LogP) is 5.56. The van der Waals surface area contributed by atoms with E-state index >= 15 is 0 Å². The third kappa shape index (κ3) is 5.41. The summed E-state index contributed by atoms with van der Waals surface area (Å²) in [5.74, 6) is -0.298. The second kappa shape index (κ2) is 9.92. The summed E-state index contributed by atoms with van der Waals surface area (Å²) in [6, 6.07) is 17.1. The molecule has 164 valence electrons. The average Bonchev–Trinajstić information content (AvgIpc) is 2.74. The molecule has 1 aliphatic rings. The predicted molar refractivity (Wildman–Crippen MR) is 120 cm³/mol. The highest BCUT2D eigenvalue weighted by Crippen LogP contribution is 2.45. The quantitative estimate of drug-likeness (QED) is 0.367. The van der Waals surface area contributed by atoms with E-state index in [0.29, 0.717) is 12.8 Å². The monoisotopic (exact) mass is 441 g/mol. The Balaban J connectivity index is 1.89. The molecule has 0 aromatic heterocycles. The van der Waals surface area contributed by atoms with Gasteiger partial charge in [-0.15, -0.1) is 0 Å². The van der Waals surface area contributed by atoms with Crippen molar-refractivity contribution in [3.05, 3.63) is 76.4 Å². The third-order valence-electron chi connectivity index (χ3n) is 5.28. The van der Waals surface area contributed by atoms with Gasteiger partial charge >= 0.3 is 12.1 Å². The molecule has 1 unspecified atom stereocenters. The molecule has 3 N–H and O–H groups in total. The Labute approximate surface area is 186 Å². The minimum absolute atomic E-state index is 0.00476. The second-order valence-electron chi connectivity index (χ2n) is 7.83. The van der Waals surface area contributed by atoms with Crippen LogP contribution >= 0.6 is 11.8 Å². The largest absolute Gasteiger partial charge is 0.511 e. The van der Waals surface area contributed by atoms with E-state index in [2.05, 4.69) is 19.2 Å². The summed E-state index contributed by atoms with van der Waals surface area (Å²) >= 11 is 1.23. The van der Waals surface area contributed by atoms with Crippen LogP contribution < -0.4 is 5.32 Å². The summed E-state index contributed by atoms with van der Waals surface area (Å²) < 4.78 is 5.97. The first-order chi connectivity index (χ1) is 14.8. The molecule has 0 aliphatic carbocycles. The zero-order valence-electron chi connectivity index (χ0n) is 17.6. The van der Waals surface area contributed by atoms with Crippen molar-refractivity contribution >= 4 is 23.8 Å². The number of aliphatic hydroxyl groups is 1. The Morgan fingerprint density at radius 3 is 2.48 bits per heavy atom. The smallest absolute Gasteiger partial charge is 0.404 e. The van der Waals surface area contributed by atoms with Crippen LogP contribution in [0.3, 0.4) is 0 Å². The van der Waals surface area contributed by atoms with Gasteiger partial charge in [0.15, 0.2) is 0 Å². The molecule has 0 fully saturated rings. The Morgan fingerprint density at radius 1 is 1.16 bits per heavy atom. The molecule has 2 aromatic rings. The van der Waals surface area contributed by atoms with E-state index in [9.17, 15) is 14.7 Å². The Kier molecular flexibility index (Phi) is 7.28. The fourth-order valence-electron chi connectivity index (χ4n) is 3.75. The van der Waals surface area contributed by atoms with Crippen molar-refractivity contribution in [2.45, 2.75) is 49.5 Å². The van der Waals surface area contributed by atoms with Crippen molar-refractivity contribution in [3.63, 3.8) is 0 Å². The lowest BCUT2D eigenvalue weighted by molar-refractivity contribution is -0.160. The maximum atomic E-state index is 13.0. The number of nitrogens with one attached hydrogen (secondary N) is 1. The number of benzene rings is 2. The number of hydrogen-bond acceptors (Lipinski definition) is 5. The van der Waals surface area contributed by atoms with Crippen molar-refractivity contribution < 1.29 is 24.5 Å². The lowest BCUT2D eigenvalue weighted by atomic mass is 9.83. The first-order valence-electron chi connectivity index (χ1n) is 10.3. The molecule has 1 heterocycles.